The Morgan fingerprint density at radius 3 is 3.00 bits per heavy atom. The highest BCUT2D eigenvalue weighted by Gasteiger charge is 2.14. The Morgan fingerprint density at radius 2 is 2.23 bits per heavy atom. The minimum absolute atomic E-state index is 1.06. The van der Waals surface area contributed by atoms with Gasteiger partial charge < -0.3 is 10.1 Å². The molecule has 0 bridgehead atoms. The summed E-state index contributed by atoms with van der Waals surface area (Å²) in [5, 5.41) is 3.38. The van der Waals surface area contributed by atoms with Crippen LogP contribution in [0.1, 0.15) is 17.5 Å². The first-order chi connectivity index (χ1) is 6.33. The largest absolute Gasteiger partial charge is 0.496 e. The van der Waals surface area contributed by atoms with Crippen molar-refractivity contribution in [2.45, 2.75) is 19.8 Å². The van der Waals surface area contributed by atoms with Gasteiger partial charge in [0, 0.05) is 17.8 Å². The summed E-state index contributed by atoms with van der Waals surface area (Å²) in [6.07, 6.45) is 2.33. The first kappa shape index (κ1) is 8.42. The number of hydrogen-bond acceptors (Lipinski definition) is 2. The highest BCUT2D eigenvalue weighted by molar-refractivity contribution is 5.61. The number of anilines is 1. The van der Waals surface area contributed by atoms with Crippen molar-refractivity contribution in [1.29, 1.82) is 0 Å². The second kappa shape index (κ2) is 3.29. The van der Waals surface area contributed by atoms with Gasteiger partial charge in [0.25, 0.3) is 0 Å². The maximum Gasteiger partial charge on any atom is 0.127 e. The van der Waals surface area contributed by atoms with E-state index in [1.165, 1.54) is 23.2 Å². The molecule has 0 saturated carbocycles. The van der Waals surface area contributed by atoms with Gasteiger partial charge in [-0.2, -0.15) is 0 Å². The minimum Gasteiger partial charge on any atom is -0.496 e. The van der Waals surface area contributed by atoms with Crippen molar-refractivity contribution >= 4 is 5.69 Å². The average Bonchev–Trinajstić information content (AvgIpc) is 2.18. The molecule has 0 spiro atoms. The fourth-order valence-electron chi connectivity index (χ4n) is 1.93. The van der Waals surface area contributed by atoms with Crippen LogP contribution in [0.15, 0.2) is 12.1 Å². The van der Waals surface area contributed by atoms with Gasteiger partial charge in [0.15, 0.2) is 0 Å². The third-order valence-corrected chi connectivity index (χ3v) is 2.58. The number of ether oxygens (including phenoxy) is 1. The molecule has 0 saturated heterocycles. The quantitative estimate of drug-likeness (QED) is 0.711. The molecule has 0 radical (unpaired) electrons. The van der Waals surface area contributed by atoms with E-state index in [1.807, 2.05) is 0 Å². The normalized spacial score (nSPS) is 14.6. The van der Waals surface area contributed by atoms with E-state index in [-0.39, 0.29) is 0 Å². The zero-order valence-electron chi connectivity index (χ0n) is 8.18. The van der Waals surface area contributed by atoms with Crippen LogP contribution in [0.3, 0.4) is 0 Å². The SMILES string of the molecule is COc1c(C)ccc2c1CCCN2. The predicted molar refractivity (Wildman–Crippen MR) is 54.5 cm³/mol. The molecule has 1 aromatic rings. The molecule has 70 valence electrons. The van der Waals surface area contributed by atoms with Gasteiger partial charge in [-0.3, -0.25) is 0 Å². The van der Waals surface area contributed by atoms with Crippen LogP contribution in [0.25, 0.3) is 0 Å². The smallest absolute Gasteiger partial charge is 0.127 e. The first-order valence-electron chi connectivity index (χ1n) is 4.73. The van der Waals surface area contributed by atoms with E-state index < -0.39 is 0 Å². The average molecular weight is 177 g/mol. The van der Waals surface area contributed by atoms with Gasteiger partial charge in [0.1, 0.15) is 5.75 Å². The van der Waals surface area contributed by atoms with E-state index in [1.54, 1.807) is 7.11 Å². The minimum atomic E-state index is 1.06. The van der Waals surface area contributed by atoms with E-state index in [9.17, 15) is 0 Å². The van der Waals surface area contributed by atoms with Crippen molar-refractivity contribution in [3.05, 3.63) is 23.3 Å². The van der Waals surface area contributed by atoms with Gasteiger partial charge in [0.2, 0.25) is 0 Å². The maximum absolute atomic E-state index is 5.40. The van der Waals surface area contributed by atoms with Gasteiger partial charge >= 0.3 is 0 Å². The molecule has 0 aliphatic carbocycles. The maximum atomic E-state index is 5.40. The number of hydrogen-bond donors (Lipinski definition) is 1. The van der Waals surface area contributed by atoms with Crippen LogP contribution in [0.4, 0.5) is 5.69 Å². The molecule has 1 aromatic carbocycles. The summed E-state index contributed by atoms with van der Waals surface area (Å²) in [7, 11) is 1.75. The van der Waals surface area contributed by atoms with E-state index in [4.69, 9.17) is 4.74 Å². The Balaban J connectivity index is 2.52. The van der Waals surface area contributed by atoms with Gasteiger partial charge in [-0.25, -0.2) is 0 Å². The Bertz CT molecular complexity index is 320. The summed E-state index contributed by atoms with van der Waals surface area (Å²) in [6.45, 7) is 3.17. The molecule has 1 aliphatic heterocycles. The summed E-state index contributed by atoms with van der Waals surface area (Å²) < 4.78 is 5.40. The Labute approximate surface area is 78.9 Å². The second-order valence-corrected chi connectivity index (χ2v) is 3.47. The Morgan fingerprint density at radius 1 is 1.38 bits per heavy atom. The Hall–Kier alpha value is -1.18. The van der Waals surface area contributed by atoms with Crippen LogP contribution < -0.4 is 10.1 Å². The fourth-order valence-corrected chi connectivity index (χ4v) is 1.93. The molecule has 1 heterocycles. The summed E-state index contributed by atoms with van der Waals surface area (Å²) in [5.74, 6) is 1.06. The number of rotatable bonds is 1. The number of benzene rings is 1. The standard InChI is InChI=1S/C11H15NO/c1-8-5-6-10-9(11(8)13-2)4-3-7-12-10/h5-6,12H,3-4,7H2,1-2H3. The van der Waals surface area contributed by atoms with Crippen LogP contribution in [-0.4, -0.2) is 13.7 Å². The summed E-state index contributed by atoms with van der Waals surface area (Å²) in [5.41, 5.74) is 3.81. The number of methoxy groups -OCH3 is 1. The van der Waals surface area contributed by atoms with Crippen molar-refractivity contribution in [1.82, 2.24) is 0 Å². The molecule has 0 amide bonds. The molecule has 0 aromatic heterocycles. The van der Waals surface area contributed by atoms with Gasteiger partial charge in [-0.15, -0.1) is 0 Å². The van der Waals surface area contributed by atoms with Crippen molar-refractivity contribution < 1.29 is 4.74 Å². The van der Waals surface area contributed by atoms with E-state index in [0.29, 0.717) is 0 Å². The lowest BCUT2D eigenvalue weighted by molar-refractivity contribution is 0.406. The molecule has 2 heteroatoms. The number of aryl methyl sites for hydroxylation is 1. The van der Waals surface area contributed by atoms with Crippen LogP contribution in [-0.2, 0) is 6.42 Å². The van der Waals surface area contributed by atoms with Gasteiger partial charge in [-0.1, -0.05) is 6.07 Å². The van der Waals surface area contributed by atoms with Crippen molar-refractivity contribution in [2.24, 2.45) is 0 Å². The second-order valence-electron chi connectivity index (χ2n) is 3.47. The third-order valence-electron chi connectivity index (χ3n) is 2.58. The predicted octanol–water partition coefficient (Wildman–Crippen LogP) is 2.36. The third kappa shape index (κ3) is 1.37. The first-order valence-corrected chi connectivity index (χ1v) is 4.73. The van der Waals surface area contributed by atoms with Crippen LogP contribution >= 0.6 is 0 Å². The zero-order valence-corrected chi connectivity index (χ0v) is 8.18. The lowest BCUT2D eigenvalue weighted by Gasteiger charge is -2.21. The fraction of sp³-hybridized carbons (Fsp3) is 0.455. The molecule has 1 N–H and O–H groups in total. The van der Waals surface area contributed by atoms with Crippen molar-refractivity contribution in [3.8, 4) is 5.75 Å². The number of fused-ring (bicyclic) bond motifs is 1. The molecule has 2 nitrogen and oxygen atoms in total. The lowest BCUT2D eigenvalue weighted by Crippen LogP contribution is -2.13. The highest BCUT2D eigenvalue weighted by Crippen LogP contribution is 2.33. The molecule has 0 atom stereocenters. The van der Waals surface area contributed by atoms with E-state index >= 15 is 0 Å². The van der Waals surface area contributed by atoms with E-state index in [0.717, 1.165) is 18.7 Å². The van der Waals surface area contributed by atoms with Crippen LogP contribution in [0, 0.1) is 6.92 Å². The highest BCUT2D eigenvalue weighted by atomic mass is 16.5. The van der Waals surface area contributed by atoms with Crippen molar-refractivity contribution in [3.63, 3.8) is 0 Å². The zero-order chi connectivity index (χ0) is 9.26. The molecular formula is C11H15NO. The topological polar surface area (TPSA) is 21.3 Å². The van der Waals surface area contributed by atoms with Gasteiger partial charge in [0.05, 0.1) is 7.11 Å². The van der Waals surface area contributed by atoms with Crippen LogP contribution in [0.2, 0.25) is 0 Å². The molecule has 0 unspecified atom stereocenters. The van der Waals surface area contributed by atoms with Crippen LogP contribution in [0.5, 0.6) is 5.75 Å². The monoisotopic (exact) mass is 177 g/mol. The molecule has 13 heavy (non-hydrogen) atoms. The lowest BCUT2D eigenvalue weighted by atomic mass is 10.00. The molecular weight excluding hydrogens is 162 g/mol. The summed E-state index contributed by atoms with van der Waals surface area (Å²) in [4.78, 5) is 0. The molecule has 1 aliphatic rings. The molecule has 0 fully saturated rings. The van der Waals surface area contributed by atoms with E-state index in [2.05, 4.69) is 24.4 Å². The summed E-state index contributed by atoms with van der Waals surface area (Å²) in [6, 6.07) is 4.25. The van der Waals surface area contributed by atoms with Crippen molar-refractivity contribution in [2.75, 3.05) is 19.0 Å². The summed E-state index contributed by atoms with van der Waals surface area (Å²) >= 11 is 0. The molecule has 2 rings (SSSR count). The van der Waals surface area contributed by atoms with Gasteiger partial charge in [-0.05, 0) is 31.4 Å². The Kier molecular flexibility index (Phi) is 2.13. The number of nitrogens with one attached hydrogen (secondary N) is 1.